The predicted molar refractivity (Wildman–Crippen MR) is 138 cm³/mol. The number of ether oxygens (including phenoxy) is 1. The summed E-state index contributed by atoms with van der Waals surface area (Å²) in [6, 6.07) is -0.798. The van der Waals surface area contributed by atoms with Crippen molar-refractivity contribution >= 4 is 33.7 Å². The van der Waals surface area contributed by atoms with Crippen LogP contribution in [-0.2, 0) is 19.1 Å². The third kappa shape index (κ3) is 5.09. The van der Waals surface area contributed by atoms with Gasteiger partial charge in [-0.15, -0.1) is 13.2 Å². The van der Waals surface area contributed by atoms with Crippen LogP contribution in [0, 0.1) is 11.8 Å². The molecular formula is C26H40BrN3O5. The van der Waals surface area contributed by atoms with Crippen molar-refractivity contribution in [2.45, 2.75) is 68.0 Å². The maximum atomic E-state index is 14.1. The first kappa shape index (κ1) is 27.9. The molecule has 0 aromatic heterocycles. The van der Waals surface area contributed by atoms with Gasteiger partial charge in [-0.1, -0.05) is 47.8 Å². The summed E-state index contributed by atoms with van der Waals surface area (Å²) in [7, 11) is 1.70. The Morgan fingerprint density at radius 3 is 2.54 bits per heavy atom. The smallest absolute Gasteiger partial charge is 0.248 e. The van der Waals surface area contributed by atoms with E-state index in [1.807, 2.05) is 0 Å². The summed E-state index contributed by atoms with van der Waals surface area (Å²) in [6.07, 6.45) is 7.41. The van der Waals surface area contributed by atoms with Gasteiger partial charge >= 0.3 is 0 Å². The normalized spacial score (nSPS) is 30.9. The molecule has 0 aromatic carbocycles. The van der Waals surface area contributed by atoms with Crippen LogP contribution in [0.2, 0.25) is 0 Å². The van der Waals surface area contributed by atoms with Gasteiger partial charge in [0.1, 0.15) is 11.6 Å². The highest BCUT2D eigenvalue weighted by molar-refractivity contribution is 9.09. The molecule has 0 radical (unpaired) electrons. The first-order chi connectivity index (χ1) is 16.8. The monoisotopic (exact) mass is 553 g/mol. The number of carbonyl (C=O) groups excluding carboxylic acids is 3. The molecule has 196 valence electrons. The molecule has 3 heterocycles. The number of alkyl halides is 1. The van der Waals surface area contributed by atoms with E-state index in [1.165, 1.54) is 0 Å². The minimum atomic E-state index is -1.05. The lowest BCUT2D eigenvalue weighted by Gasteiger charge is -2.37. The van der Waals surface area contributed by atoms with Gasteiger partial charge in [0.05, 0.1) is 17.9 Å². The van der Waals surface area contributed by atoms with Crippen LogP contribution < -0.4 is 0 Å². The van der Waals surface area contributed by atoms with Crippen LogP contribution >= 0.6 is 15.9 Å². The second-order valence-corrected chi connectivity index (χ2v) is 11.1. The Balaban J connectivity index is 2.00. The van der Waals surface area contributed by atoms with Gasteiger partial charge in [-0.3, -0.25) is 14.4 Å². The number of likely N-dealkylation sites (tertiary alicyclic amines) is 1. The number of aliphatic hydroxyl groups excluding tert-OH is 1. The molecule has 8 nitrogen and oxygen atoms in total. The molecule has 3 fully saturated rings. The average molecular weight is 555 g/mol. The molecule has 35 heavy (non-hydrogen) atoms. The standard InChI is InChI=1S/C26H40BrN3O5/c1-5-8-9-14-29(13-7-3)25(34)22-26-17-18(27)21(35-26)19(23(32)28(4)12-6-2)20(26)24(33)30(22)15-10-11-16-31/h6-7,18-22,31H,2-3,5,8-17H2,1,4H3/t18?,19-,20+,21-,22?,26?/m1/s1. The Bertz CT molecular complexity index is 823. The lowest BCUT2D eigenvalue weighted by Crippen LogP contribution is -2.57. The van der Waals surface area contributed by atoms with Gasteiger partial charge in [-0.2, -0.15) is 0 Å². The highest BCUT2D eigenvalue weighted by Gasteiger charge is 2.76. The maximum Gasteiger partial charge on any atom is 0.248 e. The fourth-order valence-electron chi connectivity index (χ4n) is 6.04. The summed E-state index contributed by atoms with van der Waals surface area (Å²) < 4.78 is 6.55. The molecule has 2 bridgehead atoms. The van der Waals surface area contributed by atoms with Crippen molar-refractivity contribution in [1.82, 2.24) is 14.7 Å². The third-order valence-corrected chi connectivity index (χ3v) is 8.43. The minimum Gasteiger partial charge on any atom is -0.396 e. The number of nitrogens with zero attached hydrogens (tertiary/aromatic N) is 3. The van der Waals surface area contributed by atoms with Crippen LogP contribution in [0.5, 0.6) is 0 Å². The largest absolute Gasteiger partial charge is 0.396 e. The van der Waals surface area contributed by atoms with Crippen molar-refractivity contribution in [2.75, 3.05) is 39.8 Å². The number of amides is 3. The number of unbranched alkanes of at least 4 members (excludes halogenated alkanes) is 3. The van der Waals surface area contributed by atoms with Crippen molar-refractivity contribution in [3.8, 4) is 0 Å². The quantitative estimate of drug-likeness (QED) is 0.202. The van der Waals surface area contributed by atoms with Crippen molar-refractivity contribution < 1.29 is 24.2 Å². The van der Waals surface area contributed by atoms with Crippen LogP contribution in [0.4, 0.5) is 0 Å². The zero-order chi connectivity index (χ0) is 25.8. The number of hydrogen-bond donors (Lipinski definition) is 1. The second-order valence-electron chi connectivity index (χ2n) is 9.91. The van der Waals surface area contributed by atoms with Gasteiger partial charge in [0.2, 0.25) is 17.7 Å². The van der Waals surface area contributed by atoms with Gasteiger partial charge < -0.3 is 24.5 Å². The summed E-state index contributed by atoms with van der Waals surface area (Å²) in [5, 5.41) is 9.31. The van der Waals surface area contributed by atoms with E-state index in [0.717, 1.165) is 19.3 Å². The van der Waals surface area contributed by atoms with Crippen LogP contribution in [0.25, 0.3) is 0 Å². The molecule has 1 N–H and O–H groups in total. The molecule has 3 amide bonds. The topological polar surface area (TPSA) is 90.4 Å². The maximum absolute atomic E-state index is 14.1. The Hall–Kier alpha value is -1.71. The average Bonchev–Trinajstić information content (AvgIpc) is 3.41. The lowest BCUT2D eigenvalue weighted by molar-refractivity contribution is -0.148. The Morgan fingerprint density at radius 1 is 1.20 bits per heavy atom. The number of halogens is 1. The zero-order valence-corrected chi connectivity index (χ0v) is 22.6. The molecule has 0 saturated carbocycles. The number of fused-ring (bicyclic) bond motifs is 1. The van der Waals surface area contributed by atoms with E-state index in [-0.39, 0.29) is 29.2 Å². The van der Waals surface area contributed by atoms with Gasteiger partial charge in [0.25, 0.3) is 0 Å². The third-order valence-electron chi connectivity index (χ3n) is 7.59. The van der Waals surface area contributed by atoms with Gasteiger partial charge in [-0.25, -0.2) is 0 Å². The first-order valence-electron chi connectivity index (χ1n) is 12.8. The first-order valence-corrected chi connectivity index (χ1v) is 13.7. The van der Waals surface area contributed by atoms with Crippen molar-refractivity contribution in [3.05, 3.63) is 25.3 Å². The number of rotatable bonds is 14. The molecule has 9 heteroatoms. The van der Waals surface area contributed by atoms with Crippen LogP contribution in [0.15, 0.2) is 25.3 Å². The Kier molecular flexibility index (Phi) is 9.57. The van der Waals surface area contributed by atoms with Gasteiger partial charge in [0, 0.05) is 44.7 Å². The van der Waals surface area contributed by atoms with Crippen LogP contribution in [0.3, 0.4) is 0 Å². The van der Waals surface area contributed by atoms with Gasteiger partial charge in [0.15, 0.2) is 0 Å². The number of hydrogen-bond acceptors (Lipinski definition) is 5. The van der Waals surface area contributed by atoms with E-state index >= 15 is 0 Å². The Labute approximate surface area is 217 Å². The summed E-state index contributed by atoms with van der Waals surface area (Å²) in [6.45, 7) is 11.4. The second kappa shape index (κ2) is 12.0. The van der Waals surface area contributed by atoms with Gasteiger partial charge in [-0.05, 0) is 25.7 Å². The van der Waals surface area contributed by atoms with Crippen LogP contribution in [-0.4, -0.2) is 99.9 Å². The molecule has 3 saturated heterocycles. The Morgan fingerprint density at radius 2 is 1.91 bits per heavy atom. The minimum absolute atomic E-state index is 0.0182. The molecule has 0 aromatic rings. The summed E-state index contributed by atoms with van der Waals surface area (Å²) in [4.78, 5) is 46.3. The van der Waals surface area contributed by atoms with Crippen molar-refractivity contribution in [3.63, 3.8) is 0 Å². The van der Waals surface area contributed by atoms with Crippen molar-refractivity contribution in [1.29, 1.82) is 0 Å². The highest BCUT2D eigenvalue weighted by atomic mass is 79.9. The lowest BCUT2D eigenvalue weighted by atomic mass is 9.70. The van der Waals surface area contributed by atoms with Crippen molar-refractivity contribution in [2.24, 2.45) is 11.8 Å². The molecule has 1 spiro atoms. The fourth-order valence-corrected chi connectivity index (χ4v) is 6.98. The summed E-state index contributed by atoms with van der Waals surface area (Å²) >= 11 is 3.70. The molecule has 0 aliphatic carbocycles. The van der Waals surface area contributed by atoms with E-state index in [2.05, 4.69) is 36.0 Å². The summed E-state index contributed by atoms with van der Waals surface area (Å²) in [5.74, 6) is -1.86. The SMILES string of the molecule is C=CCN(C)C(=O)[C@H]1[C@@H]2OC3(CC2Br)C(C(=O)N(CC=C)CCCCC)N(CCCCO)C(=O)[C@H]13. The molecule has 3 aliphatic rings. The zero-order valence-electron chi connectivity index (χ0n) is 21.0. The number of aliphatic hydroxyl groups is 1. The highest BCUT2D eigenvalue weighted by Crippen LogP contribution is 2.60. The van der Waals surface area contributed by atoms with E-state index in [9.17, 15) is 19.5 Å². The number of carbonyl (C=O) groups is 3. The molecular weight excluding hydrogens is 514 g/mol. The molecule has 6 atom stereocenters. The van der Waals surface area contributed by atoms with E-state index in [1.54, 1.807) is 33.9 Å². The predicted octanol–water partition coefficient (Wildman–Crippen LogP) is 2.36. The summed E-state index contributed by atoms with van der Waals surface area (Å²) in [5.41, 5.74) is -1.05. The molecule has 3 rings (SSSR count). The number of likely N-dealkylation sites (N-methyl/N-ethyl adjacent to an activating group) is 1. The van der Waals surface area contributed by atoms with E-state index in [0.29, 0.717) is 45.4 Å². The van der Waals surface area contributed by atoms with E-state index < -0.39 is 29.6 Å². The molecule has 3 aliphatic heterocycles. The van der Waals surface area contributed by atoms with E-state index in [4.69, 9.17) is 4.74 Å². The fraction of sp³-hybridized carbons (Fsp3) is 0.731. The molecule has 3 unspecified atom stereocenters. The van der Waals surface area contributed by atoms with Crippen LogP contribution in [0.1, 0.15) is 45.4 Å².